The van der Waals surface area contributed by atoms with Gasteiger partial charge in [-0.2, -0.15) is 0 Å². The van der Waals surface area contributed by atoms with E-state index in [1.165, 1.54) is 0 Å². The SMILES string of the molecule is O=C(Cl)OCc1ccccc1.c1ccccc1. The lowest BCUT2D eigenvalue weighted by atomic mass is 10.2. The van der Waals surface area contributed by atoms with Crippen molar-refractivity contribution in [1.82, 2.24) is 0 Å². The molecule has 17 heavy (non-hydrogen) atoms. The zero-order valence-electron chi connectivity index (χ0n) is 9.25. The second kappa shape index (κ2) is 8.36. The molecule has 2 aromatic carbocycles. The minimum atomic E-state index is -0.770. The first-order chi connectivity index (χ1) is 8.29. The maximum atomic E-state index is 10.2. The third-order valence-corrected chi connectivity index (χ3v) is 1.97. The molecule has 0 bridgehead atoms. The van der Waals surface area contributed by atoms with Gasteiger partial charge in [-0.25, -0.2) is 4.79 Å². The molecule has 88 valence electrons. The molecule has 0 N–H and O–H groups in total. The van der Waals surface area contributed by atoms with E-state index >= 15 is 0 Å². The number of hydrogen-bond donors (Lipinski definition) is 0. The summed E-state index contributed by atoms with van der Waals surface area (Å²) in [6.45, 7) is 0.239. The van der Waals surface area contributed by atoms with Crippen LogP contribution in [0.2, 0.25) is 0 Å². The Morgan fingerprint density at radius 1 is 0.882 bits per heavy atom. The molecule has 0 heterocycles. The minimum Gasteiger partial charge on any atom is -0.449 e. The molecular weight excluding hydrogens is 236 g/mol. The van der Waals surface area contributed by atoms with Gasteiger partial charge in [0.25, 0.3) is 0 Å². The van der Waals surface area contributed by atoms with Crippen molar-refractivity contribution in [1.29, 1.82) is 0 Å². The topological polar surface area (TPSA) is 26.3 Å². The number of carbonyl (C=O) groups is 1. The number of rotatable bonds is 2. The Labute approximate surface area is 106 Å². The predicted octanol–water partition coefficient (Wildman–Crippen LogP) is 4.25. The summed E-state index contributed by atoms with van der Waals surface area (Å²) in [6.07, 6.45) is 0. The summed E-state index contributed by atoms with van der Waals surface area (Å²) in [5.74, 6) is 0. The molecule has 0 fully saturated rings. The van der Waals surface area contributed by atoms with Crippen LogP contribution >= 0.6 is 11.6 Å². The fraction of sp³-hybridized carbons (Fsp3) is 0.0714. The van der Waals surface area contributed by atoms with Crippen molar-refractivity contribution in [2.45, 2.75) is 6.61 Å². The zero-order valence-corrected chi connectivity index (χ0v) is 10.0. The van der Waals surface area contributed by atoms with Gasteiger partial charge in [-0.1, -0.05) is 66.7 Å². The maximum Gasteiger partial charge on any atom is 0.404 e. The molecule has 2 rings (SSSR count). The van der Waals surface area contributed by atoms with Crippen molar-refractivity contribution >= 4 is 17.0 Å². The Kier molecular flexibility index (Phi) is 6.53. The highest BCUT2D eigenvalue weighted by Gasteiger charge is 1.95. The van der Waals surface area contributed by atoms with Crippen LogP contribution < -0.4 is 0 Å². The van der Waals surface area contributed by atoms with E-state index in [1.807, 2.05) is 66.7 Å². The molecule has 0 aliphatic rings. The summed E-state index contributed by atoms with van der Waals surface area (Å²) in [5, 5.41) is 0. The van der Waals surface area contributed by atoms with Gasteiger partial charge in [-0.15, -0.1) is 0 Å². The fourth-order valence-electron chi connectivity index (χ4n) is 1.10. The number of benzene rings is 2. The van der Waals surface area contributed by atoms with Crippen LogP contribution in [-0.4, -0.2) is 5.43 Å². The van der Waals surface area contributed by atoms with Gasteiger partial charge in [0.05, 0.1) is 0 Å². The number of hydrogen-bond acceptors (Lipinski definition) is 2. The van der Waals surface area contributed by atoms with E-state index in [0.717, 1.165) is 5.56 Å². The smallest absolute Gasteiger partial charge is 0.404 e. The first-order valence-corrected chi connectivity index (χ1v) is 5.53. The molecule has 3 heteroatoms. The average molecular weight is 249 g/mol. The van der Waals surface area contributed by atoms with Crippen molar-refractivity contribution in [3.8, 4) is 0 Å². The van der Waals surface area contributed by atoms with Crippen molar-refractivity contribution in [3.05, 3.63) is 72.3 Å². The molecule has 2 aromatic rings. The van der Waals surface area contributed by atoms with Crippen LogP contribution in [0.1, 0.15) is 5.56 Å². The van der Waals surface area contributed by atoms with E-state index in [4.69, 9.17) is 11.6 Å². The van der Waals surface area contributed by atoms with Crippen molar-refractivity contribution in [2.75, 3.05) is 0 Å². The van der Waals surface area contributed by atoms with E-state index in [9.17, 15) is 4.79 Å². The zero-order chi connectivity index (χ0) is 12.3. The van der Waals surface area contributed by atoms with Gasteiger partial charge in [0, 0.05) is 11.6 Å². The van der Waals surface area contributed by atoms with E-state index in [1.54, 1.807) is 0 Å². The fourth-order valence-corrected chi connectivity index (χ4v) is 1.15. The standard InChI is InChI=1S/C8H7ClO2.C6H6/c9-8(10)11-6-7-4-2-1-3-5-7;1-2-4-6-5-3-1/h1-5H,6H2;1-6H. The van der Waals surface area contributed by atoms with Crippen molar-refractivity contribution in [2.24, 2.45) is 0 Å². The van der Waals surface area contributed by atoms with Gasteiger partial charge in [-0.05, 0) is 5.56 Å². The predicted molar refractivity (Wildman–Crippen MR) is 68.9 cm³/mol. The lowest BCUT2D eigenvalue weighted by Gasteiger charge is -1.98. The van der Waals surface area contributed by atoms with Gasteiger partial charge in [0.2, 0.25) is 0 Å². The van der Waals surface area contributed by atoms with Crippen LogP contribution in [0, 0.1) is 0 Å². The molecule has 0 aliphatic carbocycles. The minimum absolute atomic E-state index is 0.239. The molecule has 2 nitrogen and oxygen atoms in total. The molecule has 0 aromatic heterocycles. The van der Waals surface area contributed by atoms with Gasteiger partial charge < -0.3 is 4.74 Å². The summed E-state index contributed by atoms with van der Waals surface area (Å²) in [4.78, 5) is 10.2. The summed E-state index contributed by atoms with van der Waals surface area (Å²) >= 11 is 4.97. The maximum absolute atomic E-state index is 10.2. The van der Waals surface area contributed by atoms with Crippen LogP contribution in [0.15, 0.2) is 66.7 Å². The Hall–Kier alpha value is -1.80. The first-order valence-electron chi connectivity index (χ1n) is 5.15. The van der Waals surface area contributed by atoms with E-state index < -0.39 is 5.43 Å². The molecule has 0 radical (unpaired) electrons. The number of halogens is 1. The average Bonchev–Trinajstić information content (AvgIpc) is 2.40. The molecule has 0 saturated carbocycles. The second-order valence-electron chi connectivity index (χ2n) is 3.17. The van der Waals surface area contributed by atoms with Gasteiger partial charge >= 0.3 is 5.43 Å². The van der Waals surface area contributed by atoms with Gasteiger partial charge in [0.1, 0.15) is 6.61 Å². The number of ether oxygens (including phenoxy) is 1. The Morgan fingerprint density at radius 3 is 1.71 bits per heavy atom. The molecule has 0 unspecified atom stereocenters. The van der Waals surface area contributed by atoms with Crippen LogP contribution in [-0.2, 0) is 11.3 Å². The molecule has 0 atom stereocenters. The van der Waals surface area contributed by atoms with Crippen LogP contribution in [0.25, 0.3) is 0 Å². The van der Waals surface area contributed by atoms with Gasteiger partial charge in [-0.3, -0.25) is 0 Å². The van der Waals surface area contributed by atoms with E-state index in [0.29, 0.717) is 0 Å². The van der Waals surface area contributed by atoms with Crippen molar-refractivity contribution in [3.63, 3.8) is 0 Å². The van der Waals surface area contributed by atoms with Crippen LogP contribution in [0.4, 0.5) is 4.79 Å². The Balaban J connectivity index is 0.000000202. The van der Waals surface area contributed by atoms with Crippen LogP contribution in [0.3, 0.4) is 0 Å². The first kappa shape index (κ1) is 13.3. The number of carbonyl (C=O) groups excluding carboxylic acids is 1. The Bertz CT molecular complexity index is 388. The molecule has 0 saturated heterocycles. The molecule has 0 spiro atoms. The largest absolute Gasteiger partial charge is 0.449 e. The summed E-state index contributed by atoms with van der Waals surface area (Å²) in [7, 11) is 0. The highest BCUT2D eigenvalue weighted by atomic mass is 35.5. The molecule has 0 aliphatic heterocycles. The molecular formula is C14H13ClO2. The van der Waals surface area contributed by atoms with Gasteiger partial charge in [0.15, 0.2) is 0 Å². The third-order valence-electron chi connectivity index (χ3n) is 1.86. The Morgan fingerprint density at radius 2 is 1.29 bits per heavy atom. The second-order valence-corrected chi connectivity index (χ2v) is 3.48. The quantitative estimate of drug-likeness (QED) is 0.743. The van der Waals surface area contributed by atoms with E-state index in [2.05, 4.69) is 4.74 Å². The molecule has 0 amide bonds. The highest BCUT2D eigenvalue weighted by molar-refractivity contribution is 6.61. The summed E-state index contributed by atoms with van der Waals surface area (Å²) < 4.78 is 4.55. The van der Waals surface area contributed by atoms with Crippen LogP contribution in [0.5, 0.6) is 0 Å². The summed E-state index contributed by atoms with van der Waals surface area (Å²) in [5.41, 5.74) is 0.162. The van der Waals surface area contributed by atoms with Crippen molar-refractivity contribution < 1.29 is 9.53 Å². The lowest BCUT2D eigenvalue weighted by molar-refractivity contribution is 0.167. The lowest BCUT2D eigenvalue weighted by Crippen LogP contribution is -1.93. The normalized spacial score (nSPS) is 8.76. The monoisotopic (exact) mass is 248 g/mol. The highest BCUT2D eigenvalue weighted by Crippen LogP contribution is 2.01. The van der Waals surface area contributed by atoms with E-state index in [-0.39, 0.29) is 6.61 Å². The third kappa shape index (κ3) is 7.14. The summed E-state index contributed by atoms with van der Waals surface area (Å²) in [6, 6.07) is 21.4.